The lowest BCUT2D eigenvalue weighted by molar-refractivity contribution is 0.127. The molecule has 2 rings (SSSR count). The number of hydrogen-bond acceptors (Lipinski definition) is 5. The average molecular weight is 297 g/mol. The van der Waals surface area contributed by atoms with E-state index in [-0.39, 0.29) is 24.8 Å². The molecule has 2 heterocycles. The smallest absolute Gasteiger partial charge is 0.133 e. The Hall–Kier alpha value is -0.330. The van der Waals surface area contributed by atoms with Gasteiger partial charge in [0, 0.05) is 51.9 Å². The highest BCUT2D eigenvalue weighted by molar-refractivity contribution is 5.85. The quantitative estimate of drug-likeness (QED) is 0.895. The van der Waals surface area contributed by atoms with Crippen LogP contribution in [0.15, 0.2) is 10.6 Å². The van der Waals surface area contributed by atoms with Gasteiger partial charge in [0.05, 0.1) is 5.69 Å². The second-order valence-corrected chi connectivity index (χ2v) is 4.34. The molecule has 1 saturated heterocycles. The van der Waals surface area contributed by atoms with Crippen LogP contribution in [0, 0.1) is 6.92 Å². The molecule has 1 aromatic heterocycles. The number of piperazine rings is 1. The van der Waals surface area contributed by atoms with Crippen molar-refractivity contribution in [2.24, 2.45) is 5.73 Å². The molecule has 0 bridgehead atoms. The summed E-state index contributed by atoms with van der Waals surface area (Å²) in [4.78, 5) is 4.81. The summed E-state index contributed by atoms with van der Waals surface area (Å²) in [6.07, 6.45) is 0. The summed E-state index contributed by atoms with van der Waals surface area (Å²) >= 11 is 0. The second-order valence-electron chi connectivity index (χ2n) is 4.34. The maximum Gasteiger partial charge on any atom is 0.133 e. The van der Waals surface area contributed by atoms with E-state index in [1.54, 1.807) is 0 Å². The Bertz CT molecular complexity index is 327. The van der Waals surface area contributed by atoms with Crippen molar-refractivity contribution in [2.75, 3.05) is 39.3 Å². The fourth-order valence-electron chi connectivity index (χ4n) is 2.08. The van der Waals surface area contributed by atoms with Crippen LogP contribution in [0.4, 0.5) is 0 Å². The SMILES string of the molecule is Cc1cc(CN2CCN(CCN)CC2)no1.Cl.Cl. The molecule has 1 aromatic rings. The van der Waals surface area contributed by atoms with Crippen molar-refractivity contribution in [3.63, 3.8) is 0 Å². The van der Waals surface area contributed by atoms with E-state index in [1.165, 1.54) is 0 Å². The highest BCUT2D eigenvalue weighted by Crippen LogP contribution is 2.08. The van der Waals surface area contributed by atoms with Gasteiger partial charge in [0.1, 0.15) is 5.76 Å². The minimum Gasteiger partial charge on any atom is -0.361 e. The summed E-state index contributed by atoms with van der Waals surface area (Å²) in [6, 6.07) is 2.01. The van der Waals surface area contributed by atoms with Crippen molar-refractivity contribution in [1.29, 1.82) is 0 Å². The highest BCUT2D eigenvalue weighted by Gasteiger charge is 2.17. The molecule has 2 N–H and O–H groups in total. The number of nitrogens with zero attached hydrogens (tertiary/aromatic N) is 3. The number of aromatic nitrogens is 1. The minimum atomic E-state index is 0. The molecule has 0 amide bonds. The number of halogens is 2. The standard InChI is InChI=1S/C11H20N4O.2ClH/c1-10-8-11(13-16-10)9-15-6-4-14(3-2-12)5-7-15;;/h8H,2-7,9,12H2,1H3;2*1H. The third kappa shape index (κ3) is 5.12. The Morgan fingerprint density at radius 3 is 2.33 bits per heavy atom. The van der Waals surface area contributed by atoms with Crippen LogP contribution in [0.1, 0.15) is 11.5 Å². The molecule has 7 heteroatoms. The van der Waals surface area contributed by atoms with E-state index in [0.717, 1.165) is 57.3 Å². The van der Waals surface area contributed by atoms with Gasteiger partial charge in [-0.25, -0.2) is 0 Å². The Morgan fingerprint density at radius 1 is 1.22 bits per heavy atom. The van der Waals surface area contributed by atoms with Crippen molar-refractivity contribution in [2.45, 2.75) is 13.5 Å². The molecule has 0 saturated carbocycles. The van der Waals surface area contributed by atoms with Crippen LogP contribution in [0.5, 0.6) is 0 Å². The Kier molecular flexibility index (Phi) is 8.56. The van der Waals surface area contributed by atoms with E-state index in [9.17, 15) is 0 Å². The zero-order valence-corrected chi connectivity index (χ0v) is 12.3. The molecular formula is C11H22Cl2N4O. The molecule has 18 heavy (non-hydrogen) atoms. The summed E-state index contributed by atoms with van der Waals surface area (Å²) < 4.78 is 5.06. The van der Waals surface area contributed by atoms with E-state index < -0.39 is 0 Å². The van der Waals surface area contributed by atoms with E-state index in [0.29, 0.717) is 0 Å². The van der Waals surface area contributed by atoms with Crippen molar-refractivity contribution in [3.8, 4) is 0 Å². The molecule has 0 radical (unpaired) electrons. The van der Waals surface area contributed by atoms with Gasteiger partial charge in [0.15, 0.2) is 0 Å². The first-order chi connectivity index (χ1) is 7.78. The number of hydrogen-bond donors (Lipinski definition) is 1. The van der Waals surface area contributed by atoms with Crippen LogP contribution in [-0.4, -0.2) is 54.2 Å². The molecule has 5 nitrogen and oxygen atoms in total. The Morgan fingerprint density at radius 2 is 1.83 bits per heavy atom. The predicted molar refractivity (Wildman–Crippen MR) is 76.5 cm³/mol. The largest absolute Gasteiger partial charge is 0.361 e. The molecule has 0 aliphatic carbocycles. The van der Waals surface area contributed by atoms with Crippen LogP contribution >= 0.6 is 24.8 Å². The van der Waals surface area contributed by atoms with E-state index >= 15 is 0 Å². The zero-order chi connectivity index (χ0) is 11.4. The van der Waals surface area contributed by atoms with Crippen molar-refractivity contribution >= 4 is 24.8 Å². The Balaban J connectivity index is 0.00000144. The summed E-state index contributed by atoms with van der Waals surface area (Å²) in [5.41, 5.74) is 6.57. The molecule has 0 spiro atoms. The lowest BCUT2D eigenvalue weighted by atomic mass is 10.3. The van der Waals surface area contributed by atoms with Crippen LogP contribution in [0.2, 0.25) is 0 Å². The lowest BCUT2D eigenvalue weighted by Gasteiger charge is -2.33. The summed E-state index contributed by atoms with van der Waals surface area (Å²) in [5, 5.41) is 4.01. The second kappa shape index (κ2) is 8.72. The molecule has 1 fully saturated rings. The predicted octanol–water partition coefficient (Wildman–Crippen LogP) is 0.903. The zero-order valence-electron chi connectivity index (χ0n) is 10.7. The van der Waals surface area contributed by atoms with Gasteiger partial charge in [-0.05, 0) is 6.92 Å². The van der Waals surface area contributed by atoms with Crippen LogP contribution < -0.4 is 5.73 Å². The monoisotopic (exact) mass is 296 g/mol. The van der Waals surface area contributed by atoms with Crippen LogP contribution in [0.3, 0.4) is 0 Å². The minimum absolute atomic E-state index is 0. The van der Waals surface area contributed by atoms with Gasteiger partial charge in [0.2, 0.25) is 0 Å². The molecule has 106 valence electrons. The highest BCUT2D eigenvalue weighted by atomic mass is 35.5. The third-order valence-corrected chi connectivity index (χ3v) is 2.97. The van der Waals surface area contributed by atoms with E-state index in [1.807, 2.05) is 13.0 Å². The lowest BCUT2D eigenvalue weighted by Crippen LogP contribution is -2.47. The summed E-state index contributed by atoms with van der Waals surface area (Å²) in [6.45, 7) is 8.97. The number of aryl methyl sites for hydroxylation is 1. The van der Waals surface area contributed by atoms with E-state index in [4.69, 9.17) is 10.3 Å². The van der Waals surface area contributed by atoms with Crippen LogP contribution in [0.25, 0.3) is 0 Å². The topological polar surface area (TPSA) is 58.5 Å². The van der Waals surface area contributed by atoms with Crippen molar-refractivity contribution in [1.82, 2.24) is 15.0 Å². The molecule has 0 atom stereocenters. The van der Waals surface area contributed by atoms with Gasteiger partial charge in [-0.2, -0.15) is 0 Å². The molecule has 1 aliphatic rings. The first kappa shape index (κ1) is 17.7. The van der Waals surface area contributed by atoms with Crippen molar-refractivity contribution in [3.05, 3.63) is 17.5 Å². The fourth-order valence-corrected chi connectivity index (χ4v) is 2.08. The van der Waals surface area contributed by atoms with Gasteiger partial charge in [-0.3, -0.25) is 9.80 Å². The molecular weight excluding hydrogens is 275 g/mol. The van der Waals surface area contributed by atoms with Crippen molar-refractivity contribution < 1.29 is 4.52 Å². The Labute approximate surface area is 120 Å². The first-order valence-electron chi connectivity index (χ1n) is 5.85. The molecule has 0 aromatic carbocycles. The van der Waals surface area contributed by atoms with E-state index in [2.05, 4.69) is 15.0 Å². The summed E-state index contributed by atoms with van der Waals surface area (Å²) in [5.74, 6) is 0.886. The molecule has 1 aliphatic heterocycles. The van der Waals surface area contributed by atoms with Gasteiger partial charge < -0.3 is 10.3 Å². The van der Waals surface area contributed by atoms with Gasteiger partial charge in [-0.1, -0.05) is 5.16 Å². The first-order valence-corrected chi connectivity index (χ1v) is 5.85. The third-order valence-electron chi connectivity index (χ3n) is 2.97. The number of nitrogens with two attached hydrogens (primary N) is 1. The fraction of sp³-hybridized carbons (Fsp3) is 0.727. The van der Waals surface area contributed by atoms with Gasteiger partial charge in [-0.15, -0.1) is 24.8 Å². The molecule has 0 unspecified atom stereocenters. The van der Waals surface area contributed by atoms with Crippen LogP contribution in [-0.2, 0) is 6.54 Å². The van der Waals surface area contributed by atoms with Gasteiger partial charge >= 0.3 is 0 Å². The average Bonchev–Trinajstić information content (AvgIpc) is 2.67. The maximum atomic E-state index is 5.54. The van der Waals surface area contributed by atoms with Gasteiger partial charge in [0.25, 0.3) is 0 Å². The maximum absolute atomic E-state index is 5.54. The number of rotatable bonds is 4. The normalized spacial score (nSPS) is 17.0. The summed E-state index contributed by atoms with van der Waals surface area (Å²) in [7, 11) is 0.